The summed E-state index contributed by atoms with van der Waals surface area (Å²) >= 11 is 3.55. The van der Waals surface area contributed by atoms with Crippen molar-refractivity contribution in [3.05, 3.63) is 63.6 Å². The van der Waals surface area contributed by atoms with E-state index in [1.54, 1.807) is 4.90 Å². The van der Waals surface area contributed by atoms with Crippen molar-refractivity contribution in [3.8, 4) is 5.75 Å². The van der Waals surface area contributed by atoms with Crippen LogP contribution in [0.5, 0.6) is 5.75 Å². The zero-order chi connectivity index (χ0) is 24.5. The highest BCUT2D eigenvalue weighted by Gasteiger charge is 2.29. The Balaban J connectivity index is 2.23. The largest absolute Gasteiger partial charge is 0.483 e. The number of carbonyl (C=O) groups excluding carboxylic acids is 2. The quantitative estimate of drug-likeness (QED) is 0.408. The molecule has 2 amide bonds. The second-order valence-electron chi connectivity index (χ2n) is 9.14. The van der Waals surface area contributed by atoms with Crippen LogP contribution in [0.4, 0.5) is 0 Å². The molecule has 180 valence electrons. The topological polar surface area (TPSA) is 58.6 Å². The Hall–Kier alpha value is -2.34. The molecule has 0 fully saturated rings. The fourth-order valence-electron chi connectivity index (χ4n) is 3.53. The van der Waals surface area contributed by atoms with Gasteiger partial charge in [-0.2, -0.15) is 0 Å². The number of aryl methyl sites for hydroxylation is 1. The summed E-state index contributed by atoms with van der Waals surface area (Å²) in [5.74, 6) is 0.999. The van der Waals surface area contributed by atoms with Crippen molar-refractivity contribution in [2.45, 2.75) is 66.5 Å². The van der Waals surface area contributed by atoms with E-state index in [0.29, 0.717) is 37.1 Å². The van der Waals surface area contributed by atoms with E-state index in [4.69, 9.17) is 4.74 Å². The van der Waals surface area contributed by atoms with Crippen LogP contribution in [0.15, 0.2) is 46.9 Å². The van der Waals surface area contributed by atoms with E-state index in [1.807, 2.05) is 70.2 Å². The molecule has 1 atom stereocenters. The molecule has 0 saturated heterocycles. The molecule has 0 spiro atoms. The van der Waals surface area contributed by atoms with E-state index < -0.39 is 6.04 Å². The third-order valence-electron chi connectivity index (χ3n) is 5.65. The summed E-state index contributed by atoms with van der Waals surface area (Å²) in [6, 6.07) is 13.3. The van der Waals surface area contributed by atoms with Crippen LogP contribution in [-0.4, -0.2) is 35.9 Å². The number of nitrogens with one attached hydrogen (secondary N) is 1. The number of hydrogen-bond donors (Lipinski definition) is 1. The number of carbonyl (C=O) groups is 2. The lowest BCUT2D eigenvalue weighted by molar-refractivity contribution is -0.143. The number of hydrogen-bond acceptors (Lipinski definition) is 3. The highest BCUT2D eigenvalue weighted by Crippen LogP contribution is 2.29. The molecule has 0 heterocycles. The summed E-state index contributed by atoms with van der Waals surface area (Å²) in [6.07, 6.45) is 0.522. The van der Waals surface area contributed by atoms with Gasteiger partial charge >= 0.3 is 0 Å². The molecule has 2 aromatic rings. The Kier molecular flexibility index (Phi) is 10.4. The Morgan fingerprint density at radius 1 is 1.09 bits per heavy atom. The van der Waals surface area contributed by atoms with E-state index in [9.17, 15) is 9.59 Å². The van der Waals surface area contributed by atoms with Gasteiger partial charge in [-0.15, -0.1) is 0 Å². The van der Waals surface area contributed by atoms with Gasteiger partial charge in [0.15, 0.2) is 6.61 Å². The van der Waals surface area contributed by atoms with Gasteiger partial charge in [0.25, 0.3) is 5.91 Å². The molecule has 0 bridgehead atoms. The number of halogens is 1. The predicted molar refractivity (Wildman–Crippen MR) is 137 cm³/mol. The zero-order valence-electron chi connectivity index (χ0n) is 20.7. The van der Waals surface area contributed by atoms with Gasteiger partial charge in [-0.3, -0.25) is 9.59 Å². The highest BCUT2D eigenvalue weighted by molar-refractivity contribution is 9.10. The van der Waals surface area contributed by atoms with Crippen molar-refractivity contribution in [3.63, 3.8) is 0 Å². The first-order chi connectivity index (χ1) is 15.6. The fraction of sp³-hybridized carbons (Fsp3) is 0.481. The van der Waals surface area contributed by atoms with Gasteiger partial charge in [-0.1, -0.05) is 65.0 Å². The Morgan fingerprint density at radius 3 is 2.36 bits per heavy atom. The maximum Gasteiger partial charge on any atom is 0.261 e. The number of amides is 2. The average molecular weight is 518 g/mol. The van der Waals surface area contributed by atoms with Crippen molar-refractivity contribution in [2.75, 3.05) is 13.2 Å². The molecule has 0 saturated carbocycles. The van der Waals surface area contributed by atoms with Crippen LogP contribution in [0.3, 0.4) is 0 Å². The van der Waals surface area contributed by atoms with Crippen LogP contribution in [0, 0.1) is 12.8 Å². The first-order valence-electron chi connectivity index (χ1n) is 11.7. The molecule has 33 heavy (non-hydrogen) atoms. The third kappa shape index (κ3) is 7.88. The lowest BCUT2D eigenvalue weighted by Gasteiger charge is -2.31. The first kappa shape index (κ1) is 26.9. The molecule has 0 aromatic heterocycles. The van der Waals surface area contributed by atoms with Gasteiger partial charge in [0.1, 0.15) is 11.8 Å². The number of ether oxygens (including phenoxy) is 1. The first-order valence-corrected chi connectivity index (χ1v) is 12.5. The Bertz CT molecular complexity index is 943. The molecule has 5 nitrogen and oxygen atoms in total. The van der Waals surface area contributed by atoms with Gasteiger partial charge in [-0.25, -0.2) is 0 Å². The third-order valence-corrected chi connectivity index (χ3v) is 6.27. The summed E-state index contributed by atoms with van der Waals surface area (Å²) < 4.78 is 6.70. The maximum absolute atomic E-state index is 13.4. The molecular weight excluding hydrogens is 480 g/mol. The SMILES string of the molecule is CC[C@H](C(=O)NCC(C)C)N(Cc1ccccc1C)C(=O)COc1ccc(C(C)C)cc1Br. The van der Waals surface area contributed by atoms with Gasteiger partial charge in [0.2, 0.25) is 5.91 Å². The van der Waals surface area contributed by atoms with Crippen molar-refractivity contribution in [1.29, 1.82) is 0 Å². The van der Waals surface area contributed by atoms with Crippen molar-refractivity contribution in [2.24, 2.45) is 5.92 Å². The van der Waals surface area contributed by atoms with Crippen molar-refractivity contribution in [1.82, 2.24) is 10.2 Å². The van der Waals surface area contributed by atoms with Crippen LogP contribution >= 0.6 is 15.9 Å². The fourth-order valence-corrected chi connectivity index (χ4v) is 4.04. The normalized spacial score (nSPS) is 12.0. The van der Waals surface area contributed by atoms with Crippen LogP contribution in [0.25, 0.3) is 0 Å². The van der Waals surface area contributed by atoms with Gasteiger partial charge in [0.05, 0.1) is 4.47 Å². The van der Waals surface area contributed by atoms with E-state index >= 15 is 0 Å². The van der Waals surface area contributed by atoms with Crippen LogP contribution in [0.2, 0.25) is 0 Å². The van der Waals surface area contributed by atoms with Gasteiger partial charge < -0.3 is 15.0 Å². The second kappa shape index (κ2) is 12.8. The second-order valence-corrected chi connectivity index (χ2v) is 10.00. The number of rotatable bonds is 11. The number of benzene rings is 2. The van der Waals surface area contributed by atoms with Crippen LogP contribution < -0.4 is 10.1 Å². The molecule has 6 heteroatoms. The Morgan fingerprint density at radius 2 is 1.79 bits per heavy atom. The molecule has 0 radical (unpaired) electrons. The molecule has 0 unspecified atom stereocenters. The average Bonchev–Trinajstić information content (AvgIpc) is 2.77. The molecule has 2 rings (SSSR count). The van der Waals surface area contributed by atoms with Gasteiger partial charge in [0, 0.05) is 13.1 Å². The Labute approximate surface area is 207 Å². The number of nitrogens with zero attached hydrogens (tertiary/aromatic N) is 1. The minimum atomic E-state index is -0.564. The predicted octanol–water partition coefficient (Wildman–Crippen LogP) is 5.84. The summed E-state index contributed by atoms with van der Waals surface area (Å²) in [4.78, 5) is 28.0. The summed E-state index contributed by atoms with van der Waals surface area (Å²) in [5.41, 5.74) is 3.29. The smallest absolute Gasteiger partial charge is 0.261 e. The van der Waals surface area contributed by atoms with Gasteiger partial charge in [-0.05, 0) is 69.9 Å². The molecular formula is C27H37BrN2O3. The van der Waals surface area contributed by atoms with Crippen LogP contribution in [-0.2, 0) is 16.1 Å². The lowest BCUT2D eigenvalue weighted by atomic mass is 10.0. The lowest BCUT2D eigenvalue weighted by Crippen LogP contribution is -2.50. The molecule has 0 aliphatic carbocycles. The van der Waals surface area contributed by atoms with Crippen LogP contribution in [0.1, 0.15) is 63.6 Å². The summed E-state index contributed by atoms with van der Waals surface area (Å²) in [7, 11) is 0. The minimum absolute atomic E-state index is 0.129. The van der Waals surface area contributed by atoms with E-state index in [-0.39, 0.29) is 18.4 Å². The van der Waals surface area contributed by atoms with E-state index in [2.05, 4.69) is 35.1 Å². The van der Waals surface area contributed by atoms with E-state index in [0.717, 1.165) is 15.6 Å². The molecule has 0 aliphatic rings. The maximum atomic E-state index is 13.4. The summed E-state index contributed by atoms with van der Waals surface area (Å²) in [5, 5.41) is 2.99. The standard InChI is InChI=1S/C27H37BrN2O3/c1-7-24(27(32)29-15-18(2)3)30(16-22-11-9-8-10-20(22)6)26(31)17-33-25-13-12-21(19(4)5)14-23(25)28/h8-14,18-19,24H,7,15-17H2,1-6H3,(H,29,32)/t24-/m1/s1. The minimum Gasteiger partial charge on any atom is -0.483 e. The van der Waals surface area contributed by atoms with Crippen molar-refractivity contribution >= 4 is 27.7 Å². The van der Waals surface area contributed by atoms with E-state index in [1.165, 1.54) is 5.56 Å². The molecule has 2 aromatic carbocycles. The molecule has 0 aliphatic heterocycles. The zero-order valence-corrected chi connectivity index (χ0v) is 22.2. The highest BCUT2D eigenvalue weighted by atomic mass is 79.9. The van der Waals surface area contributed by atoms with Crippen molar-refractivity contribution < 1.29 is 14.3 Å². The summed E-state index contributed by atoms with van der Waals surface area (Å²) in [6.45, 7) is 13.1. The molecule has 1 N–H and O–H groups in total. The monoisotopic (exact) mass is 516 g/mol.